The van der Waals surface area contributed by atoms with Crippen molar-refractivity contribution in [3.8, 4) is 0 Å². The summed E-state index contributed by atoms with van der Waals surface area (Å²) < 4.78 is 27.4. The lowest BCUT2D eigenvalue weighted by Gasteiger charge is -2.10. The predicted octanol–water partition coefficient (Wildman–Crippen LogP) is -1.22. The predicted molar refractivity (Wildman–Crippen MR) is 58.3 cm³/mol. The van der Waals surface area contributed by atoms with Crippen molar-refractivity contribution in [3.63, 3.8) is 0 Å². The number of rotatable bonds is 6. The molecule has 98 valence electrons. The van der Waals surface area contributed by atoms with E-state index in [1.165, 1.54) is 0 Å². The monoisotopic (exact) mass is 265 g/mol. The van der Waals surface area contributed by atoms with Crippen molar-refractivity contribution in [2.75, 3.05) is 25.5 Å². The van der Waals surface area contributed by atoms with Crippen LogP contribution in [0.15, 0.2) is 0 Å². The van der Waals surface area contributed by atoms with E-state index < -0.39 is 33.6 Å². The summed E-state index contributed by atoms with van der Waals surface area (Å²) in [7, 11) is -3.07. The topological polar surface area (TPSA) is 110 Å². The van der Waals surface area contributed by atoms with Crippen LogP contribution in [0.5, 0.6) is 0 Å². The first-order chi connectivity index (χ1) is 7.92. The second-order valence-corrected chi connectivity index (χ2v) is 6.22. The Morgan fingerprint density at radius 3 is 2.59 bits per heavy atom. The van der Waals surface area contributed by atoms with Gasteiger partial charge in [-0.25, -0.2) is 13.2 Å². The number of ether oxygens (including phenoxy) is 1. The molecule has 1 unspecified atom stereocenters. The molecule has 1 rings (SSSR count). The van der Waals surface area contributed by atoms with Crippen LogP contribution >= 0.6 is 0 Å². The van der Waals surface area contributed by atoms with Gasteiger partial charge in [0.2, 0.25) is 5.91 Å². The summed E-state index contributed by atoms with van der Waals surface area (Å²) in [5.74, 6) is -1.49. The lowest BCUT2D eigenvalue weighted by Crippen LogP contribution is -2.36. The van der Waals surface area contributed by atoms with Gasteiger partial charge in [0.25, 0.3) is 0 Å². The highest BCUT2D eigenvalue weighted by Gasteiger charge is 2.31. The van der Waals surface area contributed by atoms with Gasteiger partial charge < -0.3 is 15.2 Å². The zero-order valence-corrected chi connectivity index (χ0v) is 10.0. The molecule has 1 aliphatic heterocycles. The molecule has 0 bridgehead atoms. The third kappa shape index (κ3) is 4.70. The molecule has 0 aromatic rings. The Morgan fingerprint density at radius 1 is 1.35 bits per heavy atom. The number of nitrogens with one attached hydrogen (secondary N) is 1. The molecular formula is C9H15NO6S. The maximum Gasteiger partial charge on any atom is 0.329 e. The first-order valence-corrected chi connectivity index (χ1v) is 6.91. The molecule has 0 aromatic carbocycles. The maximum absolute atomic E-state index is 11.4. The zero-order chi connectivity index (χ0) is 12.9. The lowest BCUT2D eigenvalue weighted by atomic mass is 10.2. The van der Waals surface area contributed by atoms with Crippen LogP contribution in [0.2, 0.25) is 0 Å². The van der Waals surface area contributed by atoms with E-state index in [1.54, 1.807) is 0 Å². The first kappa shape index (κ1) is 13.9. The molecule has 1 amide bonds. The molecule has 2 N–H and O–H groups in total. The number of aliphatic carboxylic acids is 1. The summed E-state index contributed by atoms with van der Waals surface area (Å²) in [6, 6.07) is 0. The van der Waals surface area contributed by atoms with Gasteiger partial charge in [-0.2, -0.15) is 0 Å². The van der Waals surface area contributed by atoms with Crippen molar-refractivity contribution in [1.29, 1.82) is 0 Å². The van der Waals surface area contributed by atoms with Gasteiger partial charge in [-0.05, 0) is 12.8 Å². The van der Waals surface area contributed by atoms with E-state index in [9.17, 15) is 18.0 Å². The number of carboxylic acid groups (broad SMARTS) is 1. The molecule has 0 spiro atoms. The van der Waals surface area contributed by atoms with E-state index in [0.29, 0.717) is 12.8 Å². The van der Waals surface area contributed by atoms with E-state index in [0.717, 1.165) is 0 Å². The fraction of sp³-hybridized carbons (Fsp3) is 0.778. The summed E-state index contributed by atoms with van der Waals surface area (Å²) in [5, 5.41) is 10.2. The highest BCUT2D eigenvalue weighted by atomic mass is 32.2. The number of carbonyl (C=O) groups is 2. The Bertz CT molecular complexity index is 390. The van der Waals surface area contributed by atoms with E-state index >= 15 is 0 Å². The Hall–Kier alpha value is -1.15. The van der Waals surface area contributed by atoms with Gasteiger partial charge in [-0.3, -0.25) is 4.79 Å². The molecule has 0 aromatic heterocycles. The fourth-order valence-electron chi connectivity index (χ4n) is 1.60. The minimum absolute atomic E-state index is 0.0671. The van der Waals surface area contributed by atoms with Crippen molar-refractivity contribution in [1.82, 2.24) is 5.32 Å². The Balaban J connectivity index is 2.22. The number of hydrogen-bond donors (Lipinski definition) is 2. The minimum Gasteiger partial charge on any atom is -0.480 e. The van der Waals surface area contributed by atoms with Gasteiger partial charge in [-0.1, -0.05) is 0 Å². The zero-order valence-electron chi connectivity index (χ0n) is 9.22. The van der Waals surface area contributed by atoms with Crippen molar-refractivity contribution >= 4 is 21.7 Å². The molecule has 0 saturated carbocycles. The molecule has 0 aliphatic carbocycles. The molecule has 1 fully saturated rings. The summed E-state index contributed by atoms with van der Waals surface area (Å²) in [6.45, 7) is -0.855. The Morgan fingerprint density at radius 2 is 2.06 bits per heavy atom. The molecule has 0 radical (unpaired) electrons. The van der Waals surface area contributed by atoms with Crippen LogP contribution in [0, 0.1) is 0 Å². The molecule has 1 aliphatic rings. The van der Waals surface area contributed by atoms with Crippen LogP contribution in [0.25, 0.3) is 0 Å². The molecule has 17 heavy (non-hydrogen) atoms. The maximum atomic E-state index is 11.4. The average molecular weight is 265 g/mol. The summed E-state index contributed by atoms with van der Waals surface area (Å²) in [6.07, 6.45) is 1.18. The van der Waals surface area contributed by atoms with E-state index in [-0.39, 0.29) is 18.9 Å². The van der Waals surface area contributed by atoms with E-state index in [4.69, 9.17) is 5.11 Å². The van der Waals surface area contributed by atoms with Gasteiger partial charge >= 0.3 is 5.97 Å². The SMILES string of the molecule is O=C(O)COCC(=O)NCC1CCCS1(=O)=O. The molecule has 1 atom stereocenters. The smallest absolute Gasteiger partial charge is 0.329 e. The van der Waals surface area contributed by atoms with Crippen molar-refractivity contribution in [2.24, 2.45) is 0 Å². The third-order valence-corrected chi connectivity index (χ3v) is 4.72. The Kier molecular flexibility index (Phi) is 4.88. The number of sulfone groups is 1. The number of hydrogen-bond acceptors (Lipinski definition) is 5. The normalized spacial score (nSPS) is 22.2. The van der Waals surface area contributed by atoms with Crippen LogP contribution in [0.1, 0.15) is 12.8 Å². The molecule has 7 nitrogen and oxygen atoms in total. The fourth-order valence-corrected chi connectivity index (χ4v) is 3.36. The van der Waals surface area contributed by atoms with Crippen LogP contribution < -0.4 is 5.32 Å². The van der Waals surface area contributed by atoms with Gasteiger partial charge in [0.05, 0.1) is 11.0 Å². The van der Waals surface area contributed by atoms with E-state index in [1.807, 2.05) is 0 Å². The molecule has 8 heteroatoms. The number of amides is 1. The van der Waals surface area contributed by atoms with Gasteiger partial charge in [0.1, 0.15) is 13.2 Å². The molecule has 1 saturated heterocycles. The highest BCUT2D eigenvalue weighted by molar-refractivity contribution is 7.92. The van der Waals surface area contributed by atoms with E-state index in [2.05, 4.69) is 10.1 Å². The number of carboxylic acids is 1. The highest BCUT2D eigenvalue weighted by Crippen LogP contribution is 2.18. The van der Waals surface area contributed by atoms with Crippen molar-refractivity contribution in [3.05, 3.63) is 0 Å². The van der Waals surface area contributed by atoms with Gasteiger partial charge in [0, 0.05) is 6.54 Å². The molecular weight excluding hydrogens is 250 g/mol. The molecule has 1 heterocycles. The lowest BCUT2D eigenvalue weighted by molar-refractivity contribution is -0.143. The average Bonchev–Trinajstić information content (AvgIpc) is 2.54. The number of carbonyl (C=O) groups excluding carboxylic acids is 1. The van der Waals surface area contributed by atoms with Gasteiger partial charge in [-0.15, -0.1) is 0 Å². The van der Waals surface area contributed by atoms with Crippen LogP contribution in [0.3, 0.4) is 0 Å². The Labute approximate surface area is 99.1 Å². The van der Waals surface area contributed by atoms with Crippen molar-refractivity contribution < 1.29 is 27.9 Å². The third-order valence-electron chi connectivity index (χ3n) is 2.45. The van der Waals surface area contributed by atoms with Crippen LogP contribution in [0.4, 0.5) is 0 Å². The minimum atomic E-state index is -3.07. The second kappa shape index (κ2) is 5.97. The summed E-state index contributed by atoms with van der Waals surface area (Å²) in [4.78, 5) is 21.3. The second-order valence-electron chi connectivity index (χ2n) is 3.82. The largest absolute Gasteiger partial charge is 0.480 e. The van der Waals surface area contributed by atoms with Gasteiger partial charge in [0.15, 0.2) is 9.84 Å². The van der Waals surface area contributed by atoms with Crippen LogP contribution in [-0.2, 0) is 24.2 Å². The van der Waals surface area contributed by atoms with Crippen LogP contribution in [-0.4, -0.2) is 56.2 Å². The quantitative estimate of drug-likeness (QED) is 0.623. The standard InChI is InChI=1S/C9H15NO6S/c11-8(5-16-6-9(12)13)10-4-7-2-1-3-17(7,14)15/h7H,1-6H2,(H,10,11)(H,12,13). The summed E-state index contributed by atoms with van der Waals surface area (Å²) >= 11 is 0. The summed E-state index contributed by atoms with van der Waals surface area (Å²) in [5.41, 5.74) is 0. The van der Waals surface area contributed by atoms with Crippen molar-refractivity contribution in [2.45, 2.75) is 18.1 Å². The first-order valence-electron chi connectivity index (χ1n) is 5.19.